The Hall–Kier alpha value is -0.340. The van der Waals surface area contributed by atoms with E-state index in [4.69, 9.17) is 4.74 Å². The summed E-state index contributed by atoms with van der Waals surface area (Å²) in [6.07, 6.45) is 7.62. The Balaban J connectivity index is 3.03. The van der Waals surface area contributed by atoms with Gasteiger partial charge in [0.1, 0.15) is 0 Å². The fourth-order valence-corrected chi connectivity index (χ4v) is 0.942. The number of rotatable bonds is 8. The minimum Gasteiger partial charge on any atom is -0.381 e. The first-order valence-electron chi connectivity index (χ1n) is 5.21. The molecule has 13 heavy (non-hydrogen) atoms. The van der Waals surface area contributed by atoms with Crippen LogP contribution >= 0.6 is 0 Å². The minimum absolute atomic E-state index is 0.561. The summed E-state index contributed by atoms with van der Waals surface area (Å²) >= 11 is 0. The van der Waals surface area contributed by atoms with Crippen LogP contribution in [0.2, 0.25) is 0 Å². The molecule has 2 nitrogen and oxygen atoms in total. The first kappa shape index (κ1) is 12.7. The fraction of sp³-hybridized carbons (Fsp3) is 0.818. The summed E-state index contributed by atoms with van der Waals surface area (Å²) in [7, 11) is 1.98. The molecule has 1 atom stereocenters. The molecule has 2 heteroatoms. The number of nitrogens with one attached hydrogen (secondary N) is 1. The molecule has 0 saturated heterocycles. The zero-order chi connectivity index (χ0) is 9.94. The van der Waals surface area contributed by atoms with Crippen LogP contribution < -0.4 is 5.32 Å². The Kier molecular flexibility index (Phi) is 9.49. The standard InChI is InChI=1S/C11H23NO/c1-4-5-6-7-9-13-10-8-11(2)12-3/h5-6,11-12H,4,7-10H2,1-3H3/b6-5-. The Morgan fingerprint density at radius 2 is 2.08 bits per heavy atom. The average Bonchev–Trinajstić information content (AvgIpc) is 2.16. The molecule has 0 aliphatic heterocycles. The molecule has 0 radical (unpaired) electrons. The third kappa shape index (κ3) is 9.57. The van der Waals surface area contributed by atoms with Gasteiger partial charge in [0.05, 0.1) is 6.61 Å². The van der Waals surface area contributed by atoms with E-state index in [-0.39, 0.29) is 0 Å². The van der Waals surface area contributed by atoms with Gasteiger partial charge in [0.2, 0.25) is 0 Å². The second-order valence-corrected chi connectivity index (χ2v) is 3.26. The summed E-state index contributed by atoms with van der Waals surface area (Å²) in [5, 5.41) is 3.18. The van der Waals surface area contributed by atoms with Gasteiger partial charge in [-0.1, -0.05) is 19.1 Å². The number of hydrogen-bond donors (Lipinski definition) is 1. The Morgan fingerprint density at radius 3 is 2.69 bits per heavy atom. The molecule has 0 fully saturated rings. The van der Waals surface area contributed by atoms with E-state index in [1.54, 1.807) is 0 Å². The van der Waals surface area contributed by atoms with E-state index < -0.39 is 0 Å². The molecule has 1 N–H and O–H groups in total. The Morgan fingerprint density at radius 1 is 1.31 bits per heavy atom. The summed E-state index contributed by atoms with van der Waals surface area (Å²) in [6.45, 7) is 6.03. The summed E-state index contributed by atoms with van der Waals surface area (Å²) in [5.41, 5.74) is 0. The van der Waals surface area contributed by atoms with Crippen LogP contribution in [0.15, 0.2) is 12.2 Å². The summed E-state index contributed by atoms with van der Waals surface area (Å²) in [5.74, 6) is 0. The lowest BCUT2D eigenvalue weighted by Gasteiger charge is -2.09. The molecule has 0 saturated carbocycles. The van der Waals surface area contributed by atoms with Crippen molar-refractivity contribution in [3.8, 4) is 0 Å². The van der Waals surface area contributed by atoms with E-state index in [1.165, 1.54) is 0 Å². The Bertz CT molecular complexity index is 123. The first-order valence-corrected chi connectivity index (χ1v) is 5.21. The fourth-order valence-electron chi connectivity index (χ4n) is 0.942. The van der Waals surface area contributed by atoms with Crippen LogP contribution in [-0.2, 0) is 4.74 Å². The van der Waals surface area contributed by atoms with Crippen molar-refractivity contribution in [2.24, 2.45) is 0 Å². The summed E-state index contributed by atoms with van der Waals surface area (Å²) in [6, 6.07) is 0.561. The maximum atomic E-state index is 5.46. The smallest absolute Gasteiger partial charge is 0.0500 e. The van der Waals surface area contributed by atoms with Crippen molar-refractivity contribution in [3.05, 3.63) is 12.2 Å². The Labute approximate surface area is 82.4 Å². The molecule has 78 valence electrons. The maximum Gasteiger partial charge on any atom is 0.0500 e. The second kappa shape index (κ2) is 9.75. The van der Waals surface area contributed by atoms with Crippen molar-refractivity contribution in [2.45, 2.75) is 39.2 Å². The third-order valence-corrected chi connectivity index (χ3v) is 2.02. The van der Waals surface area contributed by atoms with Crippen LogP contribution in [0, 0.1) is 0 Å². The van der Waals surface area contributed by atoms with Gasteiger partial charge in [0.25, 0.3) is 0 Å². The van der Waals surface area contributed by atoms with Crippen molar-refractivity contribution in [1.29, 1.82) is 0 Å². The van der Waals surface area contributed by atoms with Crippen LogP contribution in [0.3, 0.4) is 0 Å². The highest BCUT2D eigenvalue weighted by Gasteiger charge is 1.95. The van der Waals surface area contributed by atoms with Crippen LogP contribution in [0.25, 0.3) is 0 Å². The highest BCUT2D eigenvalue weighted by atomic mass is 16.5. The highest BCUT2D eigenvalue weighted by molar-refractivity contribution is 4.79. The molecule has 0 aromatic carbocycles. The maximum absolute atomic E-state index is 5.46. The molecular weight excluding hydrogens is 162 g/mol. The number of ether oxygens (including phenoxy) is 1. The molecule has 0 aliphatic rings. The van der Waals surface area contributed by atoms with Crippen LogP contribution in [-0.4, -0.2) is 26.3 Å². The van der Waals surface area contributed by atoms with E-state index in [0.717, 1.165) is 32.5 Å². The van der Waals surface area contributed by atoms with Gasteiger partial charge in [-0.25, -0.2) is 0 Å². The SMILES string of the molecule is CC/C=C\CCOCCC(C)NC. The monoisotopic (exact) mass is 185 g/mol. The van der Waals surface area contributed by atoms with Gasteiger partial charge in [-0.05, 0) is 33.2 Å². The summed E-state index contributed by atoms with van der Waals surface area (Å²) in [4.78, 5) is 0. The molecular formula is C11H23NO. The number of hydrogen-bond acceptors (Lipinski definition) is 2. The molecule has 0 bridgehead atoms. The average molecular weight is 185 g/mol. The molecule has 0 amide bonds. The summed E-state index contributed by atoms with van der Waals surface area (Å²) < 4.78 is 5.46. The first-order chi connectivity index (χ1) is 6.31. The molecule has 0 rings (SSSR count). The largest absolute Gasteiger partial charge is 0.381 e. The minimum atomic E-state index is 0.561. The van der Waals surface area contributed by atoms with Crippen molar-refractivity contribution >= 4 is 0 Å². The lowest BCUT2D eigenvalue weighted by atomic mass is 10.2. The topological polar surface area (TPSA) is 21.3 Å². The van der Waals surface area contributed by atoms with Crippen LogP contribution in [0.4, 0.5) is 0 Å². The number of allylic oxidation sites excluding steroid dienone is 1. The van der Waals surface area contributed by atoms with Gasteiger partial charge in [0, 0.05) is 12.6 Å². The molecule has 0 heterocycles. The lowest BCUT2D eigenvalue weighted by Crippen LogP contribution is -2.22. The normalized spacial score (nSPS) is 13.8. The van der Waals surface area contributed by atoms with Gasteiger partial charge in [-0.15, -0.1) is 0 Å². The van der Waals surface area contributed by atoms with Crippen LogP contribution in [0.1, 0.15) is 33.1 Å². The van der Waals surface area contributed by atoms with Crippen molar-refractivity contribution in [2.75, 3.05) is 20.3 Å². The van der Waals surface area contributed by atoms with E-state index in [2.05, 4.69) is 31.3 Å². The zero-order valence-corrected chi connectivity index (χ0v) is 9.18. The van der Waals surface area contributed by atoms with Gasteiger partial charge in [-0.3, -0.25) is 0 Å². The van der Waals surface area contributed by atoms with Gasteiger partial charge in [-0.2, -0.15) is 0 Å². The highest BCUT2D eigenvalue weighted by Crippen LogP contribution is 1.92. The molecule has 0 spiro atoms. The van der Waals surface area contributed by atoms with Gasteiger partial charge < -0.3 is 10.1 Å². The molecule has 0 aliphatic carbocycles. The third-order valence-electron chi connectivity index (χ3n) is 2.02. The lowest BCUT2D eigenvalue weighted by molar-refractivity contribution is 0.130. The van der Waals surface area contributed by atoms with E-state index >= 15 is 0 Å². The molecule has 0 aromatic rings. The van der Waals surface area contributed by atoms with Crippen LogP contribution in [0.5, 0.6) is 0 Å². The van der Waals surface area contributed by atoms with Crippen molar-refractivity contribution in [1.82, 2.24) is 5.32 Å². The predicted octanol–water partition coefficient (Wildman–Crippen LogP) is 2.36. The predicted molar refractivity (Wildman–Crippen MR) is 58.0 cm³/mol. The quantitative estimate of drug-likeness (QED) is 0.463. The second-order valence-electron chi connectivity index (χ2n) is 3.26. The van der Waals surface area contributed by atoms with E-state index in [0.29, 0.717) is 6.04 Å². The van der Waals surface area contributed by atoms with Gasteiger partial charge >= 0.3 is 0 Å². The van der Waals surface area contributed by atoms with E-state index in [1.807, 2.05) is 7.05 Å². The zero-order valence-electron chi connectivity index (χ0n) is 9.18. The van der Waals surface area contributed by atoms with Crippen molar-refractivity contribution in [3.63, 3.8) is 0 Å². The molecule has 0 aromatic heterocycles. The van der Waals surface area contributed by atoms with E-state index in [9.17, 15) is 0 Å². The van der Waals surface area contributed by atoms with Crippen molar-refractivity contribution < 1.29 is 4.74 Å². The molecule has 1 unspecified atom stereocenters. The van der Waals surface area contributed by atoms with Gasteiger partial charge in [0.15, 0.2) is 0 Å².